The van der Waals surface area contributed by atoms with Crippen molar-refractivity contribution in [1.82, 2.24) is 0 Å². The van der Waals surface area contributed by atoms with E-state index in [0.29, 0.717) is 0 Å². The Morgan fingerprint density at radius 2 is 0.900 bits per heavy atom. The average molecular weight is 130 g/mol. The summed E-state index contributed by atoms with van der Waals surface area (Å²) in [6.07, 6.45) is 4.39. The second-order valence-corrected chi connectivity index (χ2v) is 3.04. The van der Waals surface area contributed by atoms with Crippen molar-refractivity contribution in [3.05, 3.63) is 0 Å². The quantitative estimate of drug-likeness (QED) is 0.439. The largest absolute Gasteiger partial charge is 0.103 e. The van der Waals surface area contributed by atoms with Crippen molar-refractivity contribution in [2.45, 2.75) is 25.7 Å². The van der Waals surface area contributed by atoms with E-state index in [1.807, 2.05) is 0 Å². The summed E-state index contributed by atoms with van der Waals surface area (Å²) in [6.45, 7) is 0. The molecular weight excluding hydrogens is 120 g/mol. The van der Waals surface area contributed by atoms with E-state index < -0.39 is 0 Å². The van der Waals surface area contributed by atoms with Gasteiger partial charge in [-0.2, -0.15) is 0 Å². The van der Waals surface area contributed by atoms with E-state index in [1.54, 1.807) is 0 Å². The Kier molecular flexibility index (Phi) is 1.40. The van der Waals surface area contributed by atoms with E-state index in [4.69, 9.17) is 0 Å². The Balaban J connectivity index is 2.15. The molecule has 0 nitrogen and oxygen atoms in total. The molecule has 0 radical (unpaired) electrons. The third kappa shape index (κ3) is 0.910. The van der Waals surface area contributed by atoms with Gasteiger partial charge in [0.2, 0.25) is 0 Å². The molecule has 50 valence electrons. The van der Waals surface area contributed by atoms with Gasteiger partial charge in [0, 0.05) is 25.7 Å². The third-order valence-electron chi connectivity index (χ3n) is 2.37. The Hall–Kier alpha value is -0.880. The fourth-order valence-corrected chi connectivity index (χ4v) is 1.62. The predicted molar refractivity (Wildman–Crippen MR) is 41.0 cm³/mol. The predicted octanol–water partition coefficient (Wildman–Crippen LogP) is 1.81. The number of rotatable bonds is 0. The van der Waals surface area contributed by atoms with Gasteiger partial charge in [0.15, 0.2) is 0 Å². The maximum absolute atomic E-state index is 3.17. The molecule has 0 heterocycles. The minimum Gasteiger partial charge on any atom is -0.103 e. The zero-order valence-corrected chi connectivity index (χ0v) is 5.98. The first-order valence-electron chi connectivity index (χ1n) is 3.88. The third-order valence-corrected chi connectivity index (χ3v) is 2.37. The summed E-state index contributed by atoms with van der Waals surface area (Å²) in [6, 6.07) is 0. The normalized spacial score (nSPS) is 34.4. The Morgan fingerprint density at radius 3 is 1.20 bits per heavy atom. The van der Waals surface area contributed by atoms with Crippen LogP contribution in [-0.2, 0) is 0 Å². The second-order valence-electron chi connectivity index (χ2n) is 3.04. The summed E-state index contributed by atoms with van der Waals surface area (Å²) in [4.78, 5) is 0. The first-order valence-corrected chi connectivity index (χ1v) is 3.88. The van der Waals surface area contributed by atoms with Crippen molar-refractivity contribution in [1.29, 1.82) is 0 Å². The molecule has 10 heavy (non-hydrogen) atoms. The molecule has 0 atom stereocenters. The van der Waals surface area contributed by atoms with Gasteiger partial charge >= 0.3 is 0 Å². The van der Waals surface area contributed by atoms with Gasteiger partial charge in [0.25, 0.3) is 0 Å². The molecule has 2 aliphatic rings. The lowest BCUT2D eigenvalue weighted by Gasteiger charge is -2.25. The summed E-state index contributed by atoms with van der Waals surface area (Å²) in [5, 5.41) is 0. The lowest BCUT2D eigenvalue weighted by atomic mass is 9.78. The fourth-order valence-electron chi connectivity index (χ4n) is 1.62. The summed E-state index contributed by atoms with van der Waals surface area (Å²) in [7, 11) is 0. The highest BCUT2D eigenvalue weighted by Gasteiger charge is 2.22. The SMILES string of the molecule is C1#CCC2CC#CCC2C1. The summed E-state index contributed by atoms with van der Waals surface area (Å²) >= 11 is 0. The van der Waals surface area contributed by atoms with Crippen LogP contribution in [0.2, 0.25) is 0 Å². The molecular formula is C10H10. The molecule has 0 bridgehead atoms. The van der Waals surface area contributed by atoms with Crippen molar-refractivity contribution in [2.24, 2.45) is 11.8 Å². The van der Waals surface area contributed by atoms with Crippen molar-refractivity contribution >= 4 is 0 Å². The van der Waals surface area contributed by atoms with E-state index >= 15 is 0 Å². The monoisotopic (exact) mass is 130 g/mol. The van der Waals surface area contributed by atoms with E-state index in [2.05, 4.69) is 23.7 Å². The fraction of sp³-hybridized carbons (Fsp3) is 0.600. The molecule has 0 N–H and O–H groups in total. The minimum atomic E-state index is 0.808. The molecule has 2 rings (SSSR count). The molecule has 0 aliphatic heterocycles. The highest BCUT2D eigenvalue weighted by atomic mass is 14.2. The van der Waals surface area contributed by atoms with Crippen LogP contribution in [0, 0.1) is 35.5 Å². The molecule has 0 saturated heterocycles. The van der Waals surface area contributed by atoms with Gasteiger partial charge in [-0.25, -0.2) is 0 Å². The van der Waals surface area contributed by atoms with Gasteiger partial charge in [-0.15, -0.1) is 23.7 Å². The second kappa shape index (κ2) is 2.39. The van der Waals surface area contributed by atoms with Crippen molar-refractivity contribution in [2.75, 3.05) is 0 Å². The smallest absolute Gasteiger partial charge is 0.0129 e. The van der Waals surface area contributed by atoms with Crippen LogP contribution in [0.1, 0.15) is 25.7 Å². The molecule has 0 heteroatoms. The van der Waals surface area contributed by atoms with Gasteiger partial charge in [-0.1, -0.05) is 0 Å². The minimum absolute atomic E-state index is 0.808. The highest BCUT2D eigenvalue weighted by molar-refractivity contribution is 5.15. The maximum Gasteiger partial charge on any atom is 0.0129 e. The molecule has 0 aromatic rings. The van der Waals surface area contributed by atoms with E-state index in [9.17, 15) is 0 Å². The van der Waals surface area contributed by atoms with Gasteiger partial charge in [-0.05, 0) is 11.8 Å². The van der Waals surface area contributed by atoms with Crippen molar-refractivity contribution in [3.8, 4) is 23.7 Å². The molecule has 0 fully saturated rings. The number of hydrogen-bond acceptors (Lipinski definition) is 0. The first kappa shape index (κ1) is 5.87. The van der Waals surface area contributed by atoms with Crippen molar-refractivity contribution < 1.29 is 0 Å². The van der Waals surface area contributed by atoms with Gasteiger partial charge in [-0.3, -0.25) is 0 Å². The average Bonchev–Trinajstić information content (AvgIpc) is 2.05. The van der Waals surface area contributed by atoms with E-state index in [0.717, 1.165) is 37.5 Å². The molecule has 0 spiro atoms. The van der Waals surface area contributed by atoms with Gasteiger partial charge in [0.05, 0.1) is 0 Å². The lowest BCUT2D eigenvalue weighted by molar-refractivity contribution is 0.340. The van der Waals surface area contributed by atoms with Crippen LogP contribution in [0.15, 0.2) is 0 Å². The van der Waals surface area contributed by atoms with Crippen LogP contribution in [-0.4, -0.2) is 0 Å². The summed E-state index contributed by atoms with van der Waals surface area (Å²) in [5.74, 6) is 14.3. The molecule has 0 unspecified atom stereocenters. The molecule has 0 aromatic heterocycles. The van der Waals surface area contributed by atoms with Gasteiger partial charge in [0.1, 0.15) is 0 Å². The number of fused-ring (bicyclic) bond motifs is 1. The zero-order valence-electron chi connectivity index (χ0n) is 5.98. The van der Waals surface area contributed by atoms with Crippen LogP contribution in [0.5, 0.6) is 0 Å². The standard InChI is InChI=1S/C10H10/c1-2-6-10-8-4-3-7-9(10)5-1/h9-10H,5-8H2. The highest BCUT2D eigenvalue weighted by Crippen LogP contribution is 2.29. The zero-order chi connectivity index (χ0) is 6.81. The van der Waals surface area contributed by atoms with Crippen LogP contribution >= 0.6 is 0 Å². The summed E-state index contributed by atoms with van der Waals surface area (Å²) < 4.78 is 0. The van der Waals surface area contributed by atoms with Crippen LogP contribution in [0.3, 0.4) is 0 Å². The number of hydrogen-bond donors (Lipinski definition) is 0. The van der Waals surface area contributed by atoms with Crippen LogP contribution in [0.25, 0.3) is 0 Å². The summed E-state index contributed by atoms with van der Waals surface area (Å²) in [5.41, 5.74) is 0. The maximum atomic E-state index is 3.17. The lowest BCUT2D eigenvalue weighted by Crippen LogP contribution is -2.18. The molecule has 0 aromatic carbocycles. The Bertz CT molecular complexity index is 193. The Morgan fingerprint density at radius 1 is 0.600 bits per heavy atom. The van der Waals surface area contributed by atoms with E-state index in [-0.39, 0.29) is 0 Å². The molecule has 2 aliphatic carbocycles. The molecule has 0 saturated carbocycles. The Labute approximate surface area is 62.0 Å². The van der Waals surface area contributed by atoms with Gasteiger partial charge < -0.3 is 0 Å². The van der Waals surface area contributed by atoms with Crippen LogP contribution < -0.4 is 0 Å². The van der Waals surface area contributed by atoms with Crippen molar-refractivity contribution in [3.63, 3.8) is 0 Å². The van der Waals surface area contributed by atoms with E-state index in [1.165, 1.54) is 0 Å². The van der Waals surface area contributed by atoms with Crippen LogP contribution in [0.4, 0.5) is 0 Å². The first-order chi connectivity index (χ1) is 4.97. The molecule has 0 amide bonds. The topological polar surface area (TPSA) is 0 Å².